The van der Waals surface area contributed by atoms with Gasteiger partial charge in [0.2, 0.25) is 0 Å². The third kappa shape index (κ3) is 8.27. The summed E-state index contributed by atoms with van der Waals surface area (Å²) in [6, 6.07) is 32.0. The number of benzene rings is 4. The van der Waals surface area contributed by atoms with Gasteiger partial charge < -0.3 is 30.3 Å². The molecule has 1 aliphatic rings. The first-order chi connectivity index (χ1) is 21.4. The van der Waals surface area contributed by atoms with Crippen LogP contribution in [-0.2, 0) is 29.2 Å². The third-order valence-electron chi connectivity index (χ3n) is 7.64. The number of carboxylic acid groups (broad SMARTS) is 1. The van der Waals surface area contributed by atoms with Crippen LogP contribution >= 0.6 is 11.8 Å². The zero-order valence-electron chi connectivity index (χ0n) is 24.4. The molecule has 9 heteroatoms. The lowest BCUT2D eigenvalue weighted by atomic mass is 9.91. The summed E-state index contributed by atoms with van der Waals surface area (Å²) in [7, 11) is 0. The molecule has 4 atom stereocenters. The number of ether oxygens (including phenoxy) is 2. The number of carbonyl (C=O) groups excluding carboxylic acids is 1. The van der Waals surface area contributed by atoms with Gasteiger partial charge in [-0.3, -0.25) is 0 Å². The highest BCUT2D eigenvalue weighted by Gasteiger charge is 2.38. The number of amides is 2. The van der Waals surface area contributed by atoms with E-state index in [0.717, 1.165) is 32.7 Å². The van der Waals surface area contributed by atoms with Crippen LogP contribution < -0.4 is 10.6 Å². The van der Waals surface area contributed by atoms with Crippen molar-refractivity contribution in [1.29, 1.82) is 0 Å². The second-order valence-corrected chi connectivity index (χ2v) is 11.8. The van der Waals surface area contributed by atoms with Gasteiger partial charge in [-0.1, -0.05) is 85.8 Å². The summed E-state index contributed by atoms with van der Waals surface area (Å²) in [6.07, 6.45) is -1.00. The number of carboxylic acids is 1. The number of nitrogens with one attached hydrogen (secondary N) is 2. The minimum atomic E-state index is -0.950. The Morgan fingerprint density at radius 1 is 0.750 bits per heavy atom. The van der Waals surface area contributed by atoms with Gasteiger partial charge in [0.05, 0.1) is 24.4 Å². The first-order valence-corrected chi connectivity index (χ1v) is 15.5. The molecule has 4 N–H and O–H groups in total. The number of urea groups is 1. The Kier molecular flexibility index (Phi) is 10.7. The van der Waals surface area contributed by atoms with Gasteiger partial charge in [-0.25, -0.2) is 9.59 Å². The fourth-order valence-electron chi connectivity index (χ4n) is 5.00. The first kappa shape index (κ1) is 31.3. The monoisotopic (exact) mass is 612 g/mol. The molecule has 0 aliphatic carbocycles. The molecular weight excluding hydrogens is 576 g/mol. The highest BCUT2D eigenvalue weighted by molar-refractivity contribution is 7.99. The molecule has 0 bridgehead atoms. The molecule has 4 aromatic carbocycles. The van der Waals surface area contributed by atoms with Crippen LogP contribution in [0.2, 0.25) is 0 Å². The maximum absolute atomic E-state index is 12.3. The highest BCUT2D eigenvalue weighted by atomic mass is 32.2. The van der Waals surface area contributed by atoms with Crippen LogP contribution in [0.25, 0.3) is 0 Å². The van der Waals surface area contributed by atoms with Crippen molar-refractivity contribution >= 4 is 23.8 Å². The summed E-state index contributed by atoms with van der Waals surface area (Å²) in [5.41, 5.74) is 4.94. The van der Waals surface area contributed by atoms with Crippen molar-refractivity contribution in [1.82, 2.24) is 10.6 Å². The van der Waals surface area contributed by atoms with Gasteiger partial charge in [-0.15, -0.1) is 11.8 Å². The maximum Gasteiger partial charge on any atom is 0.335 e. The molecule has 1 fully saturated rings. The van der Waals surface area contributed by atoms with Crippen LogP contribution in [0.4, 0.5) is 4.79 Å². The van der Waals surface area contributed by atoms with E-state index in [0.29, 0.717) is 18.8 Å². The van der Waals surface area contributed by atoms with E-state index in [4.69, 9.17) is 9.47 Å². The van der Waals surface area contributed by atoms with Crippen LogP contribution in [0.3, 0.4) is 0 Å². The minimum absolute atomic E-state index is 0.0230. The summed E-state index contributed by atoms with van der Waals surface area (Å²) in [5.74, 6) is -0.275. The average molecular weight is 613 g/mol. The largest absolute Gasteiger partial charge is 0.478 e. The molecule has 228 valence electrons. The van der Waals surface area contributed by atoms with E-state index in [1.54, 1.807) is 23.9 Å². The number of thioether (sulfide) groups is 1. The average Bonchev–Trinajstić information content (AvgIpc) is 3.07. The number of carbonyl (C=O) groups is 2. The van der Waals surface area contributed by atoms with Gasteiger partial charge in [-0.05, 0) is 46.5 Å². The molecule has 0 spiro atoms. The Morgan fingerprint density at radius 3 is 1.95 bits per heavy atom. The Balaban J connectivity index is 1.25. The summed E-state index contributed by atoms with van der Waals surface area (Å²) in [5, 5.41) is 24.5. The fourth-order valence-corrected chi connectivity index (χ4v) is 6.06. The second kappa shape index (κ2) is 15.0. The molecule has 5 rings (SSSR count). The molecule has 0 saturated carbocycles. The molecule has 2 amide bonds. The molecular formula is C35H36N2O6S. The summed E-state index contributed by atoms with van der Waals surface area (Å²) >= 11 is 1.61. The molecule has 1 heterocycles. The van der Waals surface area contributed by atoms with Crippen LogP contribution in [0.5, 0.6) is 0 Å². The predicted octanol–water partition coefficient (Wildman–Crippen LogP) is 6.46. The smallest absolute Gasteiger partial charge is 0.335 e. The summed E-state index contributed by atoms with van der Waals surface area (Å²) in [4.78, 5) is 24.5. The van der Waals surface area contributed by atoms with E-state index in [1.807, 2.05) is 91.0 Å². The lowest BCUT2D eigenvalue weighted by Gasteiger charge is -2.41. The zero-order chi connectivity index (χ0) is 30.9. The van der Waals surface area contributed by atoms with Crippen molar-refractivity contribution < 1.29 is 29.3 Å². The first-order valence-electron chi connectivity index (χ1n) is 14.5. The van der Waals surface area contributed by atoms with Gasteiger partial charge >= 0.3 is 12.0 Å². The minimum Gasteiger partial charge on any atom is -0.478 e. The summed E-state index contributed by atoms with van der Waals surface area (Å²) < 4.78 is 13.1. The van der Waals surface area contributed by atoms with Gasteiger partial charge in [0.1, 0.15) is 0 Å². The number of rotatable bonds is 11. The second-order valence-electron chi connectivity index (χ2n) is 10.7. The van der Waals surface area contributed by atoms with E-state index in [2.05, 4.69) is 17.6 Å². The van der Waals surface area contributed by atoms with E-state index >= 15 is 0 Å². The molecule has 1 aliphatic heterocycles. The van der Waals surface area contributed by atoms with Crippen LogP contribution in [0, 0.1) is 5.92 Å². The van der Waals surface area contributed by atoms with Crippen LogP contribution in [0.15, 0.2) is 108 Å². The Morgan fingerprint density at radius 2 is 1.34 bits per heavy atom. The van der Waals surface area contributed by atoms with E-state index < -0.39 is 12.3 Å². The highest BCUT2D eigenvalue weighted by Crippen LogP contribution is 2.43. The number of aromatic carboxylic acids is 1. The van der Waals surface area contributed by atoms with Crippen molar-refractivity contribution in [3.05, 3.63) is 137 Å². The van der Waals surface area contributed by atoms with Crippen molar-refractivity contribution in [3.8, 4) is 0 Å². The van der Waals surface area contributed by atoms with Crippen molar-refractivity contribution in [3.63, 3.8) is 0 Å². The quantitative estimate of drug-likeness (QED) is 0.144. The molecule has 0 unspecified atom stereocenters. The predicted molar refractivity (Wildman–Crippen MR) is 169 cm³/mol. The third-order valence-corrected chi connectivity index (χ3v) is 8.74. The van der Waals surface area contributed by atoms with Gasteiger partial charge in [-0.2, -0.15) is 0 Å². The number of hydrogen-bond donors (Lipinski definition) is 4. The summed E-state index contributed by atoms with van der Waals surface area (Å²) in [6.45, 7) is 2.92. The number of aliphatic hydroxyl groups excluding tert-OH is 1. The van der Waals surface area contributed by atoms with Crippen molar-refractivity contribution in [2.45, 2.75) is 50.0 Å². The molecule has 0 aromatic heterocycles. The molecule has 0 radical (unpaired) electrons. The van der Waals surface area contributed by atoms with Crippen LogP contribution in [0.1, 0.15) is 57.5 Å². The van der Waals surface area contributed by atoms with E-state index in [9.17, 15) is 19.8 Å². The van der Waals surface area contributed by atoms with Crippen molar-refractivity contribution in [2.75, 3.05) is 5.75 Å². The van der Waals surface area contributed by atoms with E-state index in [-0.39, 0.29) is 36.3 Å². The SMILES string of the molecule is C[C@H]1[C@@H](CSc2ccc(C(=O)O)cc2)O[C@@H](c2ccc(CNC(=O)NCc3ccccc3)cc2)O[C@H]1c1ccc(CO)cc1. The Bertz CT molecular complexity index is 1510. The fraction of sp³-hybridized carbons (Fsp3) is 0.257. The van der Waals surface area contributed by atoms with E-state index in [1.165, 1.54) is 0 Å². The standard InChI is InChI=1S/C35H36N2O6S/c1-23-31(22-44-30-17-15-28(16-18-30)33(39)40)42-34(43-32(23)27-11-9-26(21-38)10-12-27)29-13-7-25(8-14-29)20-37-35(41)36-19-24-5-3-2-4-6-24/h2-18,23,31-32,34,38H,19-22H2,1H3,(H,39,40)(H2,36,37,41)/t23-,31+,32+,34+/m0/s1. The molecule has 4 aromatic rings. The van der Waals surface area contributed by atoms with Gasteiger partial charge in [0.15, 0.2) is 6.29 Å². The van der Waals surface area contributed by atoms with Crippen LogP contribution in [-0.4, -0.2) is 34.1 Å². The van der Waals surface area contributed by atoms with Gasteiger partial charge in [0.25, 0.3) is 0 Å². The van der Waals surface area contributed by atoms with Crippen molar-refractivity contribution in [2.24, 2.45) is 5.92 Å². The molecule has 1 saturated heterocycles. The van der Waals surface area contributed by atoms with Gasteiger partial charge in [0, 0.05) is 35.2 Å². The Hall–Kier alpha value is -4.15. The number of hydrogen-bond acceptors (Lipinski definition) is 6. The number of aliphatic hydroxyl groups is 1. The topological polar surface area (TPSA) is 117 Å². The normalized spacial score (nSPS) is 19.7. The molecule has 44 heavy (non-hydrogen) atoms. The Labute approximate surface area is 261 Å². The molecule has 8 nitrogen and oxygen atoms in total. The lowest BCUT2D eigenvalue weighted by Crippen LogP contribution is -2.38. The maximum atomic E-state index is 12.3. The zero-order valence-corrected chi connectivity index (χ0v) is 25.2. The lowest BCUT2D eigenvalue weighted by molar-refractivity contribution is -0.268.